The third kappa shape index (κ3) is 1.93. The molecule has 92 valence electrons. The fourth-order valence-electron chi connectivity index (χ4n) is 2.02. The Bertz CT molecular complexity index is 572. The molecular formula is C12H12ClN5. The molecule has 0 radical (unpaired) electrons. The van der Waals surface area contributed by atoms with E-state index in [1.165, 1.54) is 5.56 Å². The third-order valence-corrected chi connectivity index (χ3v) is 3.02. The number of nitrogens with one attached hydrogen (secondary N) is 1. The first kappa shape index (κ1) is 11.1. The highest BCUT2D eigenvalue weighted by Gasteiger charge is 2.23. The van der Waals surface area contributed by atoms with E-state index in [0.29, 0.717) is 12.5 Å². The minimum Gasteiger partial charge on any atom is -0.382 e. The molecule has 2 aromatic rings. The highest BCUT2D eigenvalue weighted by molar-refractivity contribution is 6.28. The van der Waals surface area contributed by atoms with Crippen LogP contribution in [0.5, 0.6) is 0 Å². The van der Waals surface area contributed by atoms with E-state index >= 15 is 0 Å². The second-order valence-corrected chi connectivity index (χ2v) is 4.43. The highest BCUT2D eigenvalue weighted by Crippen LogP contribution is 2.34. The van der Waals surface area contributed by atoms with Gasteiger partial charge in [0, 0.05) is 6.54 Å². The van der Waals surface area contributed by atoms with Crippen LogP contribution in [0.3, 0.4) is 0 Å². The van der Waals surface area contributed by atoms with Crippen LogP contribution in [0, 0.1) is 0 Å². The first-order valence-corrected chi connectivity index (χ1v) is 5.97. The number of nitrogens with zero attached hydrogens (tertiary/aromatic N) is 3. The van der Waals surface area contributed by atoms with Crippen LogP contribution in [0.2, 0.25) is 5.28 Å². The number of benzene rings is 1. The number of aromatic nitrogens is 2. The zero-order valence-electron chi connectivity index (χ0n) is 9.60. The third-order valence-electron chi connectivity index (χ3n) is 2.85. The molecule has 0 spiro atoms. The van der Waals surface area contributed by atoms with Gasteiger partial charge >= 0.3 is 0 Å². The van der Waals surface area contributed by atoms with Gasteiger partial charge in [-0.15, -0.1) is 0 Å². The minimum atomic E-state index is 0.174. The van der Waals surface area contributed by atoms with E-state index in [1.54, 1.807) is 0 Å². The molecule has 0 bridgehead atoms. The second-order valence-electron chi connectivity index (χ2n) is 4.09. The molecule has 0 atom stereocenters. The Hall–Kier alpha value is -2.01. The van der Waals surface area contributed by atoms with Gasteiger partial charge < -0.3 is 16.0 Å². The zero-order valence-corrected chi connectivity index (χ0v) is 10.4. The molecule has 0 saturated heterocycles. The van der Waals surface area contributed by atoms with Crippen molar-refractivity contribution < 1.29 is 0 Å². The zero-order chi connectivity index (χ0) is 12.5. The topological polar surface area (TPSA) is 67.1 Å². The summed E-state index contributed by atoms with van der Waals surface area (Å²) in [5.41, 5.74) is 7.77. The van der Waals surface area contributed by atoms with Crippen molar-refractivity contribution in [3.63, 3.8) is 0 Å². The van der Waals surface area contributed by atoms with Gasteiger partial charge in [0.1, 0.15) is 5.69 Å². The van der Waals surface area contributed by atoms with E-state index in [1.807, 2.05) is 18.2 Å². The summed E-state index contributed by atoms with van der Waals surface area (Å²) in [6, 6.07) is 10.2. The maximum absolute atomic E-state index is 5.84. The fraction of sp³-hybridized carbons (Fsp3) is 0.167. The largest absolute Gasteiger partial charge is 0.382 e. The van der Waals surface area contributed by atoms with Crippen molar-refractivity contribution >= 4 is 28.9 Å². The van der Waals surface area contributed by atoms with Crippen LogP contribution in [-0.4, -0.2) is 16.6 Å². The molecule has 0 aliphatic carbocycles. The molecule has 2 heterocycles. The molecule has 0 unspecified atom stereocenters. The molecule has 1 aliphatic rings. The molecule has 6 heteroatoms. The van der Waals surface area contributed by atoms with Crippen molar-refractivity contribution in [2.45, 2.75) is 6.54 Å². The quantitative estimate of drug-likeness (QED) is 0.811. The lowest BCUT2D eigenvalue weighted by molar-refractivity contribution is 0.855. The molecule has 1 aromatic carbocycles. The van der Waals surface area contributed by atoms with Crippen LogP contribution >= 0.6 is 11.6 Å². The molecule has 18 heavy (non-hydrogen) atoms. The van der Waals surface area contributed by atoms with E-state index in [-0.39, 0.29) is 5.28 Å². The summed E-state index contributed by atoms with van der Waals surface area (Å²) < 4.78 is 0. The predicted octanol–water partition coefficient (Wildman–Crippen LogP) is 2.10. The molecule has 1 aliphatic heterocycles. The van der Waals surface area contributed by atoms with Crippen molar-refractivity contribution in [2.75, 3.05) is 22.6 Å². The van der Waals surface area contributed by atoms with Gasteiger partial charge in [-0.3, -0.25) is 0 Å². The van der Waals surface area contributed by atoms with Crippen molar-refractivity contribution in [2.24, 2.45) is 0 Å². The summed E-state index contributed by atoms with van der Waals surface area (Å²) in [4.78, 5) is 10.2. The summed E-state index contributed by atoms with van der Waals surface area (Å²) >= 11 is 5.84. The maximum Gasteiger partial charge on any atom is 0.226 e. The van der Waals surface area contributed by atoms with Gasteiger partial charge in [0.25, 0.3) is 0 Å². The molecule has 0 saturated carbocycles. The first-order chi connectivity index (χ1) is 8.74. The summed E-state index contributed by atoms with van der Waals surface area (Å²) in [6.07, 6.45) is 0. The van der Waals surface area contributed by atoms with Crippen LogP contribution in [0.4, 0.5) is 17.3 Å². The van der Waals surface area contributed by atoms with Gasteiger partial charge in [-0.05, 0) is 17.2 Å². The Labute approximate surface area is 110 Å². The van der Waals surface area contributed by atoms with E-state index in [0.717, 1.165) is 18.1 Å². The SMILES string of the molecule is Nc1nc(Cl)nc2c1NCN2Cc1ccccc1. The molecule has 3 N–H and O–H groups in total. The molecular weight excluding hydrogens is 250 g/mol. The Morgan fingerprint density at radius 2 is 2.06 bits per heavy atom. The van der Waals surface area contributed by atoms with E-state index in [2.05, 4.69) is 32.3 Å². The number of nitrogens with two attached hydrogens (primary N) is 1. The number of rotatable bonds is 2. The fourth-order valence-corrected chi connectivity index (χ4v) is 2.19. The van der Waals surface area contributed by atoms with E-state index in [9.17, 15) is 0 Å². The maximum atomic E-state index is 5.84. The summed E-state index contributed by atoms with van der Waals surface area (Å²) in [6.45, 7) is 1.41. The van der Waals surface area contributed by atoms with Crippen LogP contribution in [0.25, 0.3) is 0 Å². The van der Waals surface area contributed by atoms with Crippen LogP contribution in [0.15, 0.2) is 30.3 Å². The average Bonchev–Trinajstić information content (AvgIpc) is 2.74. The highest BCUT2D eigenvalue weighted by atomic mass is 35.5. The monoisotopic (exact) mass is 261 g/mol. The second kappa shape index (κ2) is 4.34. The number of hydrogen-bond acceptors (Lipinski definition) is 5. The van der Waals surface area contributed by atoms with Crippen LogP contribution in [0.1, 0.15) is 5.56 Å². The van der Waals surface area contributed by atoms with Gasteiger partial charge in [0.2, 0.25) is 5.28 Å². The van der Waals surface area contributed by atoms with E-state index < -0.39 is 0 Å². The predicted molar refractivity (Wildman–Crippen MR) is 72.6 cm³/mol. The first-order valence-electron chi connectivity index (χ1n) is 5.60. The summed E-state index contributed by atoms with van der Waals surface area (Å²) in [5.74, 6) is 1.15. The number of nitrogen functional groups attached to an aromatic ring is 1. The lowest BCUT2D eigenvalue weighted by Gasteiger charge is -2.16. The Morgan fingerprint density at radius 3 is 2.83 bits per heavy atom. The number of anilines is 3. The van der Waals surface area contributed by atoms with Gasteiger partial charge in [-0.1, -0.05) is 30.3 Å². The van der Waals surface area contributed by atoms with Gasteiger partial charge in [-0.25, -0.2) is 0 Å². The van der Waals surface area contributed by atoms with Gasteiger partial charge in [0.05, 0.1) is 6.67 Å². The normalized spacial score (nSPS) is 13.3. The van der Waals surface area contributed by atoms with Crippen molar-refractivity contribution in [3.05, 3.63) is 41.2 Å². The Morgan fingerprint density at radius 1 is 1.28 bits per heavy atom. The number of hydrogen-bond donors (Lipinski definition) is 2. The summed E-state index contributed by atoms with van der Waals surface area (Å²) in [5, 5.41) is 3.36. The molecule has 0 fully saturated rings. The van der Waals surface area contributed by atoms with Crippen LogP contribution in [-0.2, 0) is 6.54 Å². The van der Waals surface area contributed by atoms with Gasteiger partial charge in [-0.2, -0.15) is 9.97 Å². The van der Waals surface area contributed by atoms with Crippen molar-refractivity contribution in [1.82, 2.24) is 9.97 Å². The Balaban J connectivity index is 1.91. The number of fused-ring (bicyclic) bond motifs is 1. The van der Waals surface area contributed by atoms with Crippen LogP contribution < -0.4 is 16.0 Å². The number of halogens is 1. The smallest absolute Gasteiger partial charge is 0.226 e. The Kier molecular flexibility index (Phi) is 2.68. The lowest BCUT2D eigenvalue weighted by atomic mass is 10.2. The molecule has 1 aromatic heterocycles. The molecule has 3 rings (SSSR count). The lowest BCUT2D eigenvalue weighted by Crippen LogP contribution is -2.22. The van der Waals surface area contributed by atoms with Gasteiger partial charge in [0.15, 0.2) is 11.6 Å². The summed E-state index contributed by atoms with van der Waals surface area (Å²) in [7, 11) is 0. The average molecular weight is 262 g/mol. The molecule has 5 nitrogen and oxygen atoms in total. The molecule has 0 amide bonds. The minimum absolute atomic E-state index is 0.174. The van der Waals surface area contributed by atoms with E-state index in [4.69, 9.17) is 17.3 Å². The standard InChI is InChI=1S/C12H12ClN5/c13-12-16-10(14)9-11(17-12)18(7-15-9)6-8-4-2-1-3-5-8/h1-5,15H,6-7H2,(H2,14,16,17). The van der Waals surface area contributed by atoms with Crippen molar-refractivity contribution in [3.8, 4) is 0 Å². The van der Waals surface area contributed by atoms with Crippen molar-refractivity contribution in [1.29, 1.82) is 0 Å².